The van der Waals surface area contributed by atoms with Gasteiger partial charge in [0.2, 0.25) is 0 Å². The van der Waals surface area contributed by atoms with Crippen LogP contribution in [-0.4, -0.2) is 47.6 Å². The van der Waals surface area contributed by atoms with Crippen LogP contribution in [0.4, 0.5) is 0 Å². The molecule has 2 aliphatic rings. The number of piperidine rings is 1. The molecule has 1 fully saturated rings. The number of phenolic OH excluding ortho intramolecular Hbond substituents is 1. The molecule has 1 saturated heterocycles. The minimum absolute atomic E-state index is 0.148. The van der Waals surface area contributed by atoms with Gasteiger partial charge in [-0.15, -0.1) is 5.11 Å². The van der Waals surface area contributed by atoms with Crippen LogP contribution in [0.15, 0.2) is 58.6 Å². The minimum Gasteiger partial charge on any atom is -0.507 e. The van der Waals surface area contributed by atoms with Crippen molar-refractivity contribution in [3.05, 3.63) is 54.0 Å². The van der Waals surface area contributed by atoms with E-state index in [0.29, 0.717) is 24.4 Å². The molecule has 2 heterocycles. The summed E-state index contributed by atoms with van der Waals surface area (Å²) < 4.78 is 38.6. The van der Waals surface area contributed by atoms with Gasteiger partial charge in [-0.25, -0.2) is 0 Å². The van der Waals surface area contributed by atoms with Crippen LogP contribution in [0, 0.1) is 0 Å². The number of nitrogens with zero attached hydrogens (tertiary/aromatic N) is 4. The number of hydrogen-bond donors (Lipinski definition) is 2. The zero-order chi connectivity index (χ0) is 23.1. The first-order chi connectivity index (χ1) is 15.1. The molecule has 1 unspecified atom stereocenters. The van der Waals surface area contributed by atoms with E-state index in [1.807, 2.05) is 48.3 Å². The van der Waals surface area contributed by atoms with E-state index in [-0.39, 0.29) is 18.3 Å². The standard InChI is InChI=1S/C21H27N5O/c1-3-26-12-6-8-16(13-26)22-19-14-25(2)21(24-23-19)18-11-10-15-7-4-5-9-17(15)20(18)27/h4-5,7,9-11,14,16,21-22,27H,3,6,8,12-13H2,1-2H3/t16?,21-/m0/s1/i1D3,3D2. The molecule has 0 aliphatic carbocycles. The van der Waals surface area contributed by atoms with Gasteiger partial charge in [0.05, 0.1) is 0 Å². The molecule has 0 spiro atoms. The summed E-state index contributed by atoms with van der Waals surface area (Å²) in [5.41, 5.74) is 0.653. The first-order valence-electron chi connectivity index (χ1n) is 11.6. The fraction of sp³-hybridized carbons (Fsp3) is 0.429. The molecule has 2 atom stereocenters. The van der Waals surface area contributed by atoms with Crippen LogP contribution < -0.4 is 5.32 Å². The zero-order valence-corrected chi connectivity index (χ0v) is 15.3. The average molecular weight is 371 g/mol. The first kappa shape index (κ1) is 12.7. The van der Waals surface area contributed by atoms with Crippen LogP contribution in [0.1, 0.15) is 38.3 Å². The Bertz CT molecular complexity index is 1050. The number of benzene rings is 2. The Hall–Kier alpha value is -2.60. The molecule has 0 aromatic heterocycles. The van der Waals surface area contributed by atoms with Gasteiger partial charge in [0.1, 0.15) is 5.75 Å². The van der Waals surface area contributed by atoms with Crippen molar-refractivity contribution in [2.24, 2.45) is 10.2 Å². The number of fused-ring (bicyclic) bond motifs is 1. The molecule has 2 aromatic carbocycles. The number of azo groups is 1. The van der Waals surface area contributed by atoms with E-state index in [4.69, 9.17) is 6.85 Å². The largest absolute Gasteiger partial charge is 0.507 e. The zero-order valence-electron chi connectivity index (χ0n) is 20.3. The third-order valence-electron chi connectivity index (χ3n) is 5.13. The van der Waals surface area contributed by atoms with Gasteiger partial charge in [0.25, 0.3) is 0 Å². The molecule has 0 bridgehead atoms. The molecule has 6 heteroatoms. The summed E-state index contributed by atoms with van der Waals surface area (Å²) in [6, 6.07) is 11.2. The summed E-state index contributed by atoms with van der Waals surface area (Å²) in [4.78, 5) is 3.22. The second-order valence-electron chi connectivity index (χ2n) is 7.03. The summed E-state index contributed by atoms with van der Waals surface area (Å²) in [7, 11) is 1.85. The number of phenols is 1. The highest BCUT2D eigenvalue weighted by Crippen LogP contribution is 2.37. The summed E-state index contributed by atoms with van der Waals surface area (Å²) >= 11 is 0. The minimum atomic E-state index is -2.71. The average Bonchev–Trinajstić information content (AvgIpc) is 2.74. The summed E-state index contributed by atoms with van der Waals surface area (Å²) in [6.07, 6.45) is 2.78. The summed E-state index contributed by atoms with van der Waals surface area (Å²) in [5, 5.41) is 24.4. The smallest absolute Gasteiger partial charge is 0.171 e. The lowest BCUT2D eigenvalue weighted by molar-refractivity contribution is 0.202. The lowest BCUT2D eigenvalue weighted by Gasteiger charge is -2.34. The topological polar surface area (TPSA) is 63.5 Å². The quantitative estimate of drug-likeness (QED) is 0.859. The van der Waals surface area contributed by atoms with Gasteiger partial charge < -0.3 is 20.2 Å². The number of nitrogens with one attached hydrogen (secondary N) is 1. The lowest BCUT2D eigenvalue weighted by atomic mass is 10.0. The maximum atomic E-state index is 10.8. The molecule has 2 N–H and O–H groups in total. The number of likely N-dealkylation sites (tertiary alicyclic amines) is 1. The number of rotatable bonds is 4. The predicted molar refractivity (Wildman–Crippen MR) is 107 cm³/mol. The molecule has 6 nitrogen and oxygen atoms in total. The SMILES string of the molecule is [2H]C([2H])([2H])C([2H])([2H])N1CCCC(NC2=CN(C)[C@@H](c3ccc4ccccc4c3O)N=N2)C1. The third-order valence-corrected chi connectivity index (χ3v) is 5.13. The Morgan fingerprint density at radius 3 is 3.07 bits per heavy atom. The summed E-state index contributed by atoms with van der Waals surface area (Å²) in [5.74, 6) is 0.698. The molecular formula is C21H27N5O. The predicted octanol–water partition coefficient (Wildman–Crippen LogP) is 3.81. The highest BCUT2D eigenvalue weighted by molar-refractivity contribution is 5.89. The van der Waals surface area contributed by atoms with Gasteiger partial charge >= 0.3 is 0 Å². The molecule has 2 aliphatic heterocycles. The van der Waals surface area contributed by atoms with E-state index in [0.717, 1.165) is 17.2 Å². The molecule has 0 amide bonds. The van der Waals surface area contributed by atoms with Crippen molar-refractivity contribution in [3.63, 3.8) is 0 Å². The van der Waals surface area contributed by atoms with Crippen molar-refractivity contribution < 1.29 is 12.0 Å². The van der Waals surface area contributed by atoms with Crippen molar-refractivity contribution in [2.45, 2.75) is 31.9 Å². The molecule has 0 radical (unpaired) electrons. The summed E-state index contributed by atoms with van der Waals surface area (Å²) in [6.45, 7) is -4.44. The monoisotopic (exact) mass is 370 g/mol. The highest BCUT2D eigenvalue weighted by atomic mass is 16.3. The number of aromatic hydroxyl groups is 1. The van der Waals surface area contributed by atoms with E-state index in [9.17, 15) is 5.11 Å². The van der Waals surface area contributed by atoms with E-state index < -0.39 is 19.5 Å². The number of likely N-dealkylation sites (N-methyl/N-ethyl adjacent to an activating group) is 1. The van der Waals surface area contributed by atoms with Crippen LogP contribution >= 0.6 is 0 Å². The Balaban J connectivity index is 1.46. The number of hydrogen-bond acceptors (Lipinski definition) is 6. The first-order valence-corrected chi connectivity index (χ1v) is 9.15. The Labute approximate surface area is 167 Å². The van der Waals surface area contributed by atoms with Gasteiger partial charge in [-0.3, -0.25) is 0 Å². The van der Waals surface area contributed by atoms with E-state index >= 15 is 0 Å². The van der Waals surface area contributed by atoms with Crippen LogP contribution in [0.25, 0.3) is 10.8 Å². The van der Waals surface area contributed by atoms with Crippen LogP contribution in [-0.2, 0) is 0 Å². The Morgan fingerprint density at radius 2 is 2.22 bits per heavy atom. The van der Waals surface area contributed by atoms with Gasteiger partial charge in [-0.05, 0) is 31.3 Å². The fourth-order valence-corrected chi connectivity index (χ4v) is 3.72. The Kier molecular flexibility index (Phi) is 3.57. The van der Waals surface area contributed by atoms with Crippen LogP contribution in [0.3, 0.4) is 0 Å². The van der Waals surface area contributed by atoms with Gasteiger partial charge in [-0.1, -0.05) is 43.3 Å². The van der Waals surface area contributed by atoms with Gasteiger partial charge in [-0.2, -0.15) is 5.11 Å². The molecule has 4 rings (SSSR count). The van der Waals surface area contributed by atoms with Crippen molar-refractivity contribution in [1.82, 2.24) is 15.1 Å². The molecule has 0 saturated carbocycles. The van der Waals surface area contributed by atoms with Crippen molar-refractivity contribution >= 4 is 10.8 Å². The van der Waals surface area contributed by atoms with E-state index in [1.54, 1.807) is 6.20 Å². The maximum absolute atomic E-state index is 10.8. The Morgan fingerprint density at radius 1 is 1.33 bits per heavy atom. The lowest BCUT2D eigenvalue weighted by Crippen LogP contribution is -2.45. The molecule has 27 heavy (non-hydrogen) atoms. The van der Waals surface area contributed by atoms with Gasteiger partial charge in [0.15, 0.2) is 12.0 Å². The highest BCUT2D eigenvalue weighted by Gasteiger charge is 2.25. The van der Waals surface area contributed by atoms with Gasteiger partial charge in [0, 0.05) is 43.6 Å². The molecule has 142 valence electrons. The third kappa shape index (κ3) is 3.62. The molecular weight excluding hydrogens is 338 g/mol. The van der Waals surface area contributed by atoms with Crippen molar-refractivity contribution in [2.75, 3.05) is 26.6 Å². The van der Waals surface area contributed by atoms with Crippen LogP contribution in [0.2, 0.25) is 0 Å². The second kappa shape index (κ2) is 7.56. The van der Waals surface area contributed by atoms with Crippen LogP contribution in [0.5, 0.6) is 5.75 Å². The normalized spacial score (nSPS) is 27.2. The second-order valence-corrected chi connectivity index (χ2v) is 7.03. The van der Waals surface area contributed by atoms with Crippen molar-refractivity contribution in [3.8, 4) is 5.75 Å². The van der Waals surface area contributed by atoms with Crippen molar-refractivity contribution in [1.29, 1.82) is 0 Å². The maximum Gasteiger partial charge on any atom is 0.171 e. The fourth-order valence-electron chi connectivity index (χ4n) is 3.72. The van der Waals surface area contributed by atoms with E-state index in [1.165, 1.54) is 4.90 Å². The van der Waals surface area contributed by atoms with E-state index in [2.05, 4.69) is 15.5 Å². The molecule has 2 aromatic rings.